The van der Waals surface area contributed by atoms with Crippen LogP contribution in [-0.4, -0.2) is 33.2 Å². The van der Waals surface area contributed by atoms with Crippen LogP contribution in [0.25, 0.3) is 5.69 Å². The van der Waals surface area contributed by atoms with Gasteiger partial charge in [-0.2, -0.15) is 0 Å². The number of aliphatic hydroxyl groups is 1. The molecule has 2 heterocycles. The minimum Gasteiger partial charge on any atom is -0.390 e. The first-order valence-electron chi connectivity index (χ1n) is 7.77. The van der Waals surface area contributed by atoms with Crippen LogP contribution in [0, 0.1) is 0 Å². The second-order valence-corrected chi connectivity index (χ2v) is 5.98. The highest BCUT2D eigenvalue weighted by molar-refractivity contribution is 5.52. The molecule has 1 saturated carbocycles. The Labute approximate surface area is 124 Å². The fraction of sp³-hybridized carbons (Fsp3) is 0.500. The first kappa shape index (κ1) is 12.8. The standard InChI is InChI=1S/C16H20N4O/c21-11-15-16(12-3-4-12)20(18-17-15)14-7-5-13(6-8-14)19-9-1-2-10-19/h5-8,12,21H,1-4,9-11H2. The Morgan fingerprint density at radius 3 is 2.33 bits per heavy atom. The number of aromatic nitrogens is 3. The van der Waals surface area contributed by atoms with E-state index in [2.05, 4.69) is 39.5 Å². The van der Waals surface area contributed by atoms with E-state index in [1.54, 1.807) is 0 Å². The predicted molar refractivity (Wildman–Crippen MR) is 80.7 cm³/mol. The third-order valence-electron chi connectivity index (χ3n) is 4.46. The molecule has 1 saturated heterocycles. The van der Waals surface area contributed by atoms with E-state index in [0.717, 1.165) is 30.2 Å². The lowest BCUT2D eigenvalue weighted by Crippen LogP contribution is -2.17. The molecule has 1 aromatic carbocycles. The highest BCUT2D eigenvalue weighted by atomic mass is 16.3. The molecule has 2 fully saturated rings. The Hall–Kier alpha value is -1.88. The number of aliphatic hydroxyl groups excluding tert-OH is 1. The van der Waals surface area contributed by atoms with E-state index in [1.807, 2.05) is 4.68 Å². The Morgan fingerprint density at radius 2 is 1.71 bits per heavy atom. The average Bonchev–Trinajstić information content (AvgIpc) is 3.06. The molecule has 0 amide bonds. The third kappa shape index (κ3) is 2.31. The molecule has 21 heavy (non-hydrogen) atoms. The van der Waals surface area contributed by atoms with Gasteiger partial charge in [0.1, 0.15) is 5.69 Å². The van der Waals surface area contributed by atoms with Crippen molar-refractivity contribution < 1.29 is 5.11 Å². The van der Waals surface area contributed by atoms with E-state index in [0.29, 0.717) is 5.92 Å². The zero-order valence-electron chi connectivity index (χ0n) is 12.1. The molecule has 5 heteroatoms. The highest BCUT2D eigenvalue weighted by Crippen LogP contribution is 2.42. The molecule has 2 aliphatic rings. The minimum absolute atomic E-state index is 0.0301. The molecule has 4 rings (SSSR count). The Balaban J connectivity index is 1.65. The van der Waals surface area contributed by atoms with Crippen LogP contribution < -0.4 is 4.90 Å². The second-order valence-electron chi connectivity index (χ2n) is 5.98. The maximum atomic E-state index is 9.42. The van der Waals surface area contributed by atoms with Crippen molar-refractivity contribution >= 4 is 5.69 Å². The molecule has 0 spiro atoms. The van der Waals surface area contributed by atoms with Gasteiger partial charge in [-0.3, -0.25) is 0 Å². The molecule has 1 aliphatic carbocycles. The van der Waals surface area contributed by atoms with Gasteiger partial charge in [-0.25, -0.2) is 4.68 Å². The Morgan fingerprint density at radius 1 is 1.05 bits per heavy atom. The van der Waals surface area contributed by atoms with Crippen molar-refractivity contribution in [2.24, 2.45) is 0 Å². The maximum Gasteiger partial charge on any atom is 0.112 e. The molecule has 2 aromatic rings. The minimum atomic E-state index is -0.0301. The molecular formula is C16H20N4O. The first-order valence-corrected chi connectivity index (χ1v) is 7.77. The summed E-state index contributed by atoms with van der Waals surface area (Å²) < 4.78 is 1.90. The summed E-state index contributed by atoms with van der Waals surface area (Å²) in [5, 5.41) is 17.8. The van der Waals surface area contributed by atoms with E-state index in [-0.39, 0.29) is 6.61 Å². The van der Waals surface area contributed by atoms with Gasteiger partial charge in [-0.05, 0) is 49.9 Å². The number of benzene rings is 1. The topological polar surface area (TPSA) is 54.2 Å². The number of hydrogen-bond acceptors (Lipinski definition) is 4. The van der Waals surface area contributed by atoms with Crippen LogP contribution in [0.5, 0.6) is 0 Å². The van der Waals surface area contributed by atoms with Crippen LogP contribution in [0.3, 0.4) is 0 Å². The van der Waals surface area contributed by atoms with Crippen molar-refractivity contribution in [1.29, 1.82) is 0 Å². The SMILES string of the molecule is OCc1nnn(-c2ccc(N3CCCC3)cc2)c1C1CC1. The summed E-state index contributed by atoms with van der Waals surface area (Å²) in [4.78, 5) is 2.42. The maximum absolute atomic E-state index is 9.42. The normalized spacial score (nSPS) is 18.4. The quantitative estimate of drug-likeness (QED) is 0.935. The highest BCUT2D eigenvalue weighted by Gasteiger charge is 2.31. The molecule has 0 atom stereocenters. The summed E-state index contributed by atoms with van der Waals surface area (Å²) in [5.41, 5.74) is 4.13. The monoisotopic (exact) mass is 284 g/mol. The van der Waals surface area contributed by atoms with E-state index in [9.17, 15) is 5.11 Å². The molecule has 1 N–H and O–H groups in total. The van der Waals surface area contributed by atoms with Crippen LogP contribution in [0.1, 0.15) is 43.0 Å². The van der Waals surface area contributed by atoms with Gasteiger partial charge in [0.25, 0.3) is 0 Å². The van der Waals surface area contributed by atoms with Crippen molar-refractivity contribution in [3.05, 3.63) is 35.7 Å². The molecule has 0 radical (unpaired) electrons. The summed E-state index contributed by atoms with van der Waals surface area (Å²) in [6.45, 7) is 2.28. The van der Waals surface area contributed by atoms with Crippen molar-refractivity contribution in [1.82, 2.24) is 15.0 Å². The van der Waals surface area contributed by atoms with E-state index < -0.39 is 0 Å². The summed E-state index contributed by atoms with van der Waals surface area (Å²) >= 11 is 0. The van der Waals surface area contributed by atoms with Crippen LogP contribution in [0.15, 0.2) is 24.3 Å². The van der Waals surface area contributed by atoms with Gasteiger partial charge >= 0.3 is 0 Å². The lowest BCUT2D eigenvalue weighted by atomic mass is 10.2. The molecule has 1 aliphatic heterocycles. The lowest BCUT2D eigenvalue weighted by molar-refractivity contribution is 0.275. The summed E-state index contributed by atoms with van der Waals surface area (Å²) in [6, 6.07) is 8.54. The van der Waals surface area contributed by atoms with Gasteiger partial charge in [0, 0.05) is 24.7 Å². The number of nitrogens with zero attached hydrogens (tertiary/aromatic N) is 4. The Bertz CT molecular complexity index is 624. The zero-order chi connectivity index (χ0) is 14.2. The molecular weight excluding hydrogens is 264 g/mol. The van der Waals surface area contributed by atoms with Crippen LogP contribution in [0.2, 0.25) is 0 Å². The van der Waals surface area contributed by atoms with Crippen molar-refractivity contribution in [2.75, 3.05) is 18.0 Å². The first-order chi connectivity index (χ1) is 10.4. The van der Waals surface area contributed by atoms with Crippen LogP contribution >= 0.6 is 0 Å². The fourth-order valence-corrected chi connectivity index (χ4v) is 3.17. The molecule has 0 unspecified atom stereocenters. The van der Waals surface area contributed by atoms with Gasteiger partial charge < -0.3 is 10.0 Å². The smallest absolute Gasteiger partial charge is 0.112 e. The summed E-state index contributed by atoms with van der Waals surface area (Å²) in [7, 11) is 0. The largest absolute Gasteiger partial charge is 0.390 e. The van der Waals surface area contributed by atoms with Gasteiger partial charge in [-0.1, -0.05) is 5.21 Å². The zero-order valence-corrected chi connectivity index (χ0v) is 12.1. The number of hydrogen-bond donors (Lipinski definition) is 1. The molecule has 110 valence electrons. The summed E-state index contributed by atoms with van der Waals surface area (Å²) in [6.07, 6.45) is 4.92. The third-order valence-corrected chi connectivity index (χ3v) is 4.46. The average molecular weight is 284 g/mol. The van der Waals surface area contributed by atoms with E-state index >= 15 is 0 Å². The van der Waals surface area contributed by atoms with Gasteiger partial charge in [0.15, 0.2) is 0 Å². The molecule has 1 aromatic heterocycles. The van der Waals surface area contributed by atoms with Crippen molar-refractivity contribution in [2.45, 2.75) is 38.2 Å². The van der Waals surface area contributed by atoms with Gasteiger partial charge in [0.05, 0.1) is 18.0 Å². The molecule has 5 nitrogen and oxygen atoms in total. The van der Waals surface area contributed by atoms with Crippen molar-refractivity contribution in [3.8, 4) is 5.69 Å². The van der Waals surface area contributed by atoms with E-state index in [1.165, 1.54) is 31.4 Å². The Kier molecular flexibility index (Phi) is 3.15. The van der Waals surface area contributed by atoms with Gasteiger partial charge in [-0.15, -0.1) is 5.10 Å². The van der Waals surface area contributed by atoms with Gasteiger partial charge in [0.2, 0.25) is 0 Å². The van der Waals surface area contributed by atoms with Crippen LogP contribution in [0.4, 0.5) is 5.69 Å². The number of anilines is 1. The second kappa shape index (κ2) is 5.15. The number of rotatable bonds is 4. The van der Waals surface area contributed by atoms with Crippen LogP contribution in [-0.2, 0) is 6.61 Å². The molecule has 0 bridgehead atoms. The predicted octanol–water partition coefficient (Wildman–Crippen LogP) is 2.24. The van der Waals surface area contributed by atoms with E-state index in [4.69, 9.17) is 0 Å². The summed E-state index contributed by atoms with van der Waals surface area (Å²) in [5.74, 6) is 0.514. The fourth-order valence-electron chi connectivity index (χ4n) is 3.17. The lowest BCUT2D eigenvalue weighted by Gasteiger charge is -2.17. The van der Waals surface area contributed by atoms with Crippen molar-refractivity contribution in [3.63, 3.8) is 0 Å².